The third-order valence-corrected chi connectivity index (χ3v) is 3.55. The summed E-state index contributed by atoms with van der Waals surface area (Å²) in [6.07, 6.45) is 1.79. The van der Waals surface area contributed by atoms with Gasteiger partial charge in [0.25, 0.3) is 0 Å². The van der Waals surface area contributed by atoms with E-state index in [2.05, 4.69) is 36.7 Å². The van der Waals surface area contributed by atoms with E-state index in [4.69, 9.17) is 0 Å². The smallest absolute Gasteiger partial charge is 0.174 e. The highest BCUT2D eigenvalue weighted by Gasteiger charge is 2.20. The van der Waals surface area contributed by atoms with Crippen LogP contribution in [0.4, 0.5) is 11.5 Å². The van der Waals surface area contributed by atoms with Gasteiger partial charge in [-0.1, -0.05) is 0 Å². The van der Waals surface area contributed by atoms with Crippen LogP contribution in [0.5, 0.6) is 0 Å². The van der Waals surface area contributed by atoms with Crippen LogP contribution >= 0.6 is 0 Å². The first-order chi connectivity index (χ1) is 8.95. The summed E-state index contributed by atoms with van der Waals surface area (Å²) in [6, 6.07) is 2.09. The number of nitrogens with one attached hydrogen (secondary N) is 2. The molecule has 2 aliphatic heterocycles. The number of hydrogen-bond acceptors (Lipinski definition) is 6. The lowest BCUT2D eigenvalue weighted by molar-refractivity contribution is 0.571. The monoisotopic (exact) mass is 248 g/mol. The fraction of sp³-hybridized carbons (Fsp3) is 0.667. The maximum atomic E-state index is 4.36. The normalized spacial score (nSPS) is 21.1. The highest BCUT2D eigenvalue weighted by molar-refractivity contribution is 5.66. The minimum atomic E-state index is 1.01. The van der Waals surface area contributed by atoms with Crippen LogP contribution in [-0.4, -0.2) is 62.6 Å². The molecule has 0 bridgehead atoms. The minimum Gasteiger partial charge on any atom is -0.366 e. The van der Waals surface area contributed by atoms with E-state index in [9.17, 15) is 0 Å². The Morgan fingerprint density at radius 2 is 1.50 bits per heavy atom. The van der Waals surface area contributed by atoms with Gasteiger partial charge in [0.1, 0.15) is 0 Å². The SMILES string of the molecule is c1cc(N2CCNCC2)c(N2CCNCC2)nn1. The summed E-state index contributed by atoms with van der Waals surface area (Å²) in [5.41, 5.74) is 1.23. The molecule has 0 radical (unpaired) electrons. The van der Waals surface area contributed by atoms with Gasteiger partial charge < -0.3 is 20.4 Å². The third kappa shape index (κ3) is 2.39. The van der Waals surface area contributed by atoms with Crippen LogP contribution in [0, 0.1) is 0 Å². The van der Waals surface area contributed by atoms with Crippen molar-refractivity contribution in [2.75, 3.05) is 62.2 Å². The second-order valence-corrected chi connectivity index (χ2v) is 4.71. The number of piperazine rings is 2. The van der Waals surface area contributed by atoms with E-state index in [-0.39, 0.29) is 0 Å². The Morgan fingerprint density at radius 3 is 2.17 bits per heavy atom. The molecular formula is C12H20N6. The molecule has 1 aromatic heterocycles. The maximum Gasteiger partial charge on any atom is 0.174 e. The van der Waals surface area contributed by atoms with Crippen LogP contribution in [0.25, 0.3) is 0 Å². The van der Waals surface area contributed by atoms with Crippen molar-refractivity contribution < 1.29 is 0 Å². The van der Waals surface area contributed by atoms with Gasteiger partial charge in [-0.2, -0.15) is 5.10 Å². The predicted molar refractivity (Wildman–Crippen MR) is 72.2 cm³/mol. The average Bonchev–Trinajstić information content (AvgIpc) is 2.49. The molecule has 0 aliphatic carbocycles. The van der Waals surface area contributed by atoms with Gasteiger partial charge in [-0.15, -0.1) is 5.10 Å². The summed E-state index contributed by atoms with van der Waals surface area (Å²) in [5.74, 6) is 1.04. The molecule has 2 aliphatic rings. The predicted octanol–water partition coefficient (Wildman–Crippen LogP) is -0.704. The molecule has 0 unspecified atom stereocenters. The molecule has 6 heteroatoms. The Kier molecular flexibility index (Phi) is 3.56. The van der Waals surface area contributed by atoms with Gasteiger partial charge in [0.15, 0.2) is 5.82 Å². The minimum absolute atomic E-state index is 1.01. The molecular weight excluding hydrogens is 228 g/mol. The average molecular weight is 248 g/mol. The number of nitrogens with zero attached hydrogens (tertiary/aromatic N) is 4. The van der Waals surface area contributed by atoms with Crippen LogP contribution in [0.15, 0.2) is 12.3 Å². The summed E-state index contributed by atoms with van der Waals surface area (Å²) in [7, 11) is 0. The first-order valence-corrected chi connectivity index (χ1v) is 6.68. The van der Waals surface area contributed by atoms with Crippen LogP contribution in [0.3, 0.4) is 0 Å². The topological polar surface area (TPSA) is 56.3 Å². The highest BCUT2D eigenvalue weighted by atomic mass is 15.3. The fourth-order valence-corrected chi connectivity index (χ4v) is 2.57. The molecule has 0 atom stereocenters. The van der Waals surface area contributed by atoms with Crippen LogP contribution < -0.4 is 20.4 Å². The first kappa shape index (κ1) is 11.7. The van der Waals surface area contributed by atoms with Gasteiger partial charge in [-0.25, -0.2) is 0 Å². The molecule has 0 saturated carbocycles. The van der Waals surface area contributed by atoms with Crippen LogP contribution in [0.1, 0.15) is 0 Å². The summed E-state index contributed by atoms with van der Waals surface area (Å²) in [5, 5.41) is 15.2. The summed E-state index contributed by atoms with van der Waals surface area (Å²) >= 11 is 0. The van der Waals surface area contributed by atoms with Crippen molar-refractivity contribution in [2.45, 2.75) is 0 Å². The Morgan fingerprint density at radius 1 is 0.889 bits per heavy atom. The van der Waals surface area contributed by atoms with E-state index >= 15 is 0 Å². The molecule has 2 saturated heterocycles. The lowest BCUT2D eigenvalue weighted by atomic mass is 10.2. The van der Waals surface area contributed by atoms with Gasteiger partial charge in [-0.3, -0.25) is 0 Å². The van der Waals surface area contributed by atoms with Crippen molar-refractivity contribution in [1.29, 1.82) is 0 Å². The quantitative estimate of drug-likeness (QED) is 0.721. The van der Waals surface area contributed by atoms with Crippen molar-refractivity contribution in [1.82, 2.24) is 20.8 Å². The lowest BCUT2D eigenvalue weighted by Gasteiger charge is -2.34. The standard InChI is InChI=1S/C12H20N6/c1-2-15-16-12(18-9-5-14-6-10-18)11(1)17-7-3-13-4-8-17/h1-2,13-14H,3-10H2. The van der Waals surface area contributed by atoms with E-state index < -0.39 is 0 Å². The maximum absolute atomic E-state index is 4.36. The third-order valence-electron chi connectivity index (χ3n) is 3.55. The van der Waals surface area contributed by atoms with E-state index in [0.29, 0.717) is 0 Å². The van der Waals surface area contributed by atoms with Crippen LogP contribution in [0.2, 0.25) is 0 Å². The van der Waals surface area contributed by atoms with E-state index in [1.165, 1.54) is 5.69 Å². The molecule has 6 nitrogen and oxygen atoms in total. The van der Waals surface area contributed by atoms with E-state index in [0.717, 1.165) is 58.2 Å². The molecule has 3 heterocycles. The molecule has 0 aromatic carbocycles. The number of rotatable bonds is 2. The van der Waals surface area contributed by atoms with Gasteiger partial charge in [0.05, 0.1) is 11.9 Å². The van der Waals surface area contributed by atoms with Crippen molar-refractivity contribution in [3.63, 3.8) is 0 Å². The summed E-state index contributed by atoms with van der Waals surface area (Å²) in [6.45, 7) is 8.26. The number of hydrogen-bond donors (Lipinski definition) is 2. The molecule has 2 fully saturated rings. The molecule has 0 amide bonds. The number of aromatic nitrogens is 2. The van der Waals surface area contributed by atoms with Crippen molar-refractivity contribution >= 4 is 11.5 Å². The van der Waals surface area contributed by atoms with Gasteiger partial charge in [-0.05, 0) is 6.07 Å². The second-order valence-electron chi connectivity index (χ2n) is 4.71. The highest BCUT2D eigenvalue weighted by Crippen LogP contribution is 2.26. The lowest BCUT2D eigenvalue weighted by Crippen LogP contribution is -2.47. The largest absolute Gasteiger partial charge is 0.366 e. The van der Waals surface area contributed by atoms with Crippen molar-refractivity contribution in [3.05, 3.63) is 12.3 Å². The molecule has 18 heavy (non-hydrogen) atoms. The van der Waals surface area contributed by atoms with E-state index in [1.54, 1.807) is 6.20 Å². The summed E-state index contributed by atoms with van der Waals surface area (Å²) < 4.78 is 0. The molecule has 3 rings (SSSR count). The molecule has 0 spiro atoms. The van der Waals surface area contributed by atoms with Gasteiger partial charge in [0, 0.05) is 52.4 Å². The molecule has 98 valence electrons. The molecule has 1 aromatic rings. The van der Waals surface area contributed by atoms with Crippen LogP contribution in [-0.2, 0) is 0 Å². The first-order valence-electron chi connectivity index (χ1n) is 6.68. The van der Waals surface area contributed by atoms with Crippen molar-refractivity contribution in [2.24, 2.45) is 0 Å². The number of anilines is 2. The zero-order chi connectivity index (χ0) is 12.2. The van der Waals surface area contributed by atoms with Gasteiger partial charge in [0.2, 0.25) is 0 Å². The van der Waals surface area contributed by atoms with Gasteiger partial charge >= 0.3 is 0 Å². The Balaban J connectivity index is 1.83. The summed E-state index contributed by atoms with van der Waals surface area (Å²) in [4.78, 5) is 4.74. The second kappa shape index (κ2) is 5.49. The molecule has 2 N–H and O–H groups in total. The van der Waals surface area contributed by atoms with Crippen molar-refractivity contribution in [3.8, 4) is 0 Å². The Labute approximate surface area is 107 Å². The Hall–Kier alpha value is -1.40. The zero-order valence-corrected chi connectivity index (χ0v) is 10.6. The Bertz CT molecular complexity index is 347. The van der Waals surface area contributed by atoms with E-state index in [1.807, 2.05) is 0 Å². The fourth-order valence-electron chi connectivity index (χ4n) is 2.57. The zero-order valence-electron chi connectivity index (χ0n) is 10.6.